The first kappa shape index (κ1) is 27.8. The van der Waals surface area contributed by atoms with Crippen LogP contribution in [-0.2, 0) is 16.0 Å². The number of benzene rings is 2. The van der Waals surface area contributed by atoms with Crippen molar-refractivity contribution in [2.75, 3.05) is 20.1 Å². The fraction of sp³-hybridized carbons (Fsp3) is 0.281. The van der Waals surface area contributed by atoms with Gasteiger partial charge in [-0.2, -0.15) is 0 Å². The van der Waals surface area contributed by atoms with Gasteiger partial charge in [0.2, 0.25) is 17.4 Å². The van der Waals surface area contributed by atoms with E-state index >= 15 is 0 Å². The minimum absolute atomic E-state index is 0.0494. The van der Waals surface area contributed by atoms with Crippen molar-refractivity contribution in [2.45, 2.75) is 31.7 Å². The second kappa shape index (κ2) is 12.6. The minimum atomic E-state index is -0.695. The second-order valence-corrected chi connectivity index (χ2v) is 10.4. The van der Waals surface area contributed by atoms with Crippen LogP contribution in [0.15, 0.2) is 83.8 Å². The Labute approximate surface area is 238 Å². The van der Waals surface area contributed by atoms with Crippen molar-refractivity contribution in [2.24, 2.45) is 5.92 Å². The molecule has 210 valence electrons. The van der Waals surface area contributed by atoms with Crippen molar-refractivity contribution in [3.05, 3.63) is 101 Å². The molecule has 1 saturated heterocycles. The van der Waals surface area contributed by atoms with E-state index in [0.717, 1.165) is 40.4 Å². The highest BCUT2D eigenvalue weighted by atomic mass is 16.2. The number of hydrogen-bond acceptors (Lipinski definition) is 5. The SMILES string of the molecule is CNC(=O)[C@H](CC1CCN(C(=O)Cc2ccc3[nH]c(=O)ccc3c2)CC1)NC(=O)c1ccc(-c2ccccc2)cn1. The number of hydrogen-bond donors (Lipinski definition) is 3. The highest BCUT2D eigenvalue weighted by Gasteiger charge is 2.29. The summed E-state index contributed by atoms with van der Waals surface area (Å²) in [6.45, 7) is 1.20. The Morgan fingerprint density at radius 2 is 1.76 bits per heavy atom. The van der Waals surface area contributed by atoms with Gasteiger partial charge in [0.1, 0.15) is 11.7 Å². The van der Waals surface area contributed by atoms with E-state index in [1.54, 1.807) is 25.4 Å². The van der Waals surface area contributed by atoms with Crippen LogP contribution in [0.4, 0.5) is 0 Å². The van der Waals surface area contributed by atoms with Gasteiger partial charge in [-0.1, -0.05) is 42.5 Å². The largest absolute Gasteiger partial charge is 0.357 e. The number of fused-ring (bicyclic) bond motifs is 1. The Bertz CT molecular complexity index is 1590. The van der Waals surface area contributed by atoms with E-state index in [2.05, 4.69) is 20.6 Å². The zero-order valence-corrected chi connectivity index (χ0v) is 22.9. The number of likely N-dealkylation sites (tertiary alicyclic amines) is 1. The summed E-state index contributed by atoms with van der Waals surface area (Å²) >= 11 is 0. The minimum Gasteiger partial charge on any atom is -0.357 e. The molecule has 0 saturated carbocycles. The van der Waals surface area contributed by atoms with Crippen LogP contribution in [-0.4, -0.2) is 58.8 Å². The van der Waals surface area contributed by atoms with Gasteiger partial charge in [-0.05, 0) is 66.0 Å². The lowest BCUT2D eigenvalue weighted by Gasteiger charge is -2.33. The summed E-state index contributed by atoms with van der Waals surface area (Å²) in [7, 11) is 1.56. The maximum Gasteiger partial charge on any atom is 0.270 e. The lowest BCUT2D eigenvalue weighted by Crippen LogP contribution is -2.48. The molecule has 0 bridgehead atoms. The molecule has 1 atom stereocenters. The predicted octanol–water partition coefficient (Wildman–Crippen LogP) is 3.31. The van der Waals surface area contributed by atoms with Gasteiger partial charge in [-0.15, -0.1) is 0 Å². The van der Waals surface area contributed by atoms with Crippen LogP contribution in [0.25, 0.3) is 22.0 Å². The number of nitrogens with zero attached hydrogens (tertiary/aromatic N) is 2. The summed E-state index contributed by atoms with van der Waals surface area (Å²) < 4.78 is 0. The molecule has 41 heavy (non-hydrogen) atoms. The summed E-state index contributed by atoms with van der Waals surface area (Å²) in [5.74, 6) is -0.415. The van der Waals surface area contributed by atoms with E-state index < -0.39 is 11.9 Å². The average molecular weight is 552 g/mol. The van der Waals surface area contributed by atoms with Crippen LogP contribution >= 0.6 is 0 Å². The van der Waals surface area contributed by atoms with Crippen LogP contribution < -0.4 is 16.2 Å². The average Bonchev–Trinajstić information content (AvgIpc) is 3.01. The van der Waals surface area contributed by atoms with E-state index in [-0.39, 0.29) is 35.4 Å². The van der Waals surface area contributed by atoms with Crippen LogP contribution in [0.3, 0.4) is 0 Å². The second-order valence-electron chi connectivity index (χ2n) is 10.4. The lowest BCUT2D eigenvalue weighted by atomic mass is 9.89. The van der Waals surface area contributed by atoms with Gasteiger partial charge in [0.15, 0.2) is 0 Å². The molecule has 3 heterocycles. The number of aromatic nitrogens is 2. The van der Waals surface area contributed by atoms with Crippen molar-refractivity contribution in [3.8, 4) is 11.1 Å². The van der Waals surface area contributed by atoms with Gasteiger partial charge in [-0.3, -0.25) is 24.2 Å². The number of carbonyl (C=O) groups excluding carboxylic acids is 3. The zero-order valence-electron chi connectivity index (χ0n) is 22.9. The fourth-order valence-corrected chi connectivity index (χ4v) is 5.32. The number of likely N-dealkylation sites (N-methyl/N-ethyl adjacent to an activating group) is 1. The number of rotatable bonds is 8. The number of H-pyrrole nitrogens is 1. The molecule has 9 heteroatoms. The number of nitrogens with one attached hydrogen (secondary N) is 3. The van der Waals surface area contributed by atoms with Gasteiger partial charge >= 0.3 is 0 Å². The Balaban J connectivity index is 1.15. The predicted molar refractivity (Wildman–Crippen MR) is 157 cm³/mol. The highest BCUT2D eigenvalue weighted by Crippen LogP contribution is 2.24. The monoisotopic (exact) mass is 551 g/mol. The fourth-order valence-electron chi connectivity index (χ4n) is 5.32. The standard InChI is InChI=1S/C32H33N5O4/c1-33-31(40)28(36-32(41)27-11-8-25(20-34-27)23-5-3-2-4-6-23)18-21-13-15-37(16-14-21)30(39)19-22-7-10-26-24(17-22)9-12-29(38)35-26/h2-12,17,20-21,28H,13-16,18-19H2,1H3,(H,33,40)(H,35,38)(H,36,41)/t28-/m0/s1. The van der Waals surface area contributed by atoms with Crippen LogP contribution in [0.1, 0.15) is 35.3 Å². The molecule has 0 radical (unpaired) electrons. The van der Waals surface area contributed by atoms with E-state index in [1.165, 1.54) is 6.07 Å². The number of aromatic amines is 1. The molecule has 2 aromatic heterocycles. The van der Waals surface area contributed by atoms with Crippen molar-refractivity contribution in [3.63, 3.8) is 0 Å². The Kier molecular flexibility index (Phi) is 8.53. The summed E-state index contributed by atoms with van der Waals surface area (Å²) in [5, 5.41) is 6.40. The van der Waals surface area contributed by atoms with Crippen molar-refractivity contribution >= 4 is 28.6 Å². The van der Waals surface area contributed by atoms with Gasteiger partial charge in [0.25, 0.3) is 5.91 Å². The number of amides is 3. The number of pyridine rings is 2. The normalized spacial score (nSPS) is 14.4. The van der Waals surface area contributed by atoms with Crippen molar-refractivity contribution in [1.29, 1.82) is 0 Å². The summed E-state index contributed by atoms with van der Waals surface area (Å²) in [6.07, 6.45) is 3.92. The zero-order chi connectivity index (χ0) is 28.8. The maximum atomic E-state index is 13.0. The highest BCUT2D eigenvalue weighted by molar-refractivity contribution is 5.96. The molecule has 1 aliphatic heterocycles. The van der Waals surface area contributed by atoms with Gasteiger partial charge in [-0.25, -0.2) is 0 Å². The molecule has 3 amide bonds. The summed E-state index contributed by atoms with van der Waals surface area (Å²) in [6, 6.07) is 21.4. The van der Waals surface area contributed by atoms with Gasteiger partial charge in [0, 0.05) is 43.5 Å². The molecule has 4 aromatic rings. The Hall–Kier alpha value is -4.79. The topological polar surface area (TPSA) is 124 Å². The molecule has 1 fully saturated rings. The molecule has 2 aromatic carbocycles. The molecule has 5 rings (SSSR count). The van der Waals surface area contributed by atoms with Crippen molar-refractivity contribution < 1.29 is 14.4 Å². The quantitative estimate of drug-likeness (QED) is 0.310. The molecular weight excluding hydrogens is 518 g/mol. The number of carbonyl (C=O) groups is 3. The molecule has 0 aliphatic carbocycles. The summed E-state index contributed by atoms with van der Waals surface area (Å²) in [4.78, 5) is 59.1. The van der Waals surface area contributed by atoms with E-state index in [0.29, 0.717) is 19.5 Å². The third kappa shape index (κ3) is 6.87. The number of piperidine rings is 1. The first-order chi connectivity index (χ1) is 19.9. The smallest absolute Gasteiger partial charge is 0.270 e. The Morgan fingerprint density at radius 1 is 0.976 bits per heavy atom. The van der Waals surface area contributed by atoms with E-state index in [1.807, 2.05) is 59.5 Å². The van der Waals surface area contributed by atoms with Gasteiger partial charge in [0.05, 0.1) is 6.42 Å². The van der Waals surface area contributed by atoms with Crippen LogP contribution in [0.2, 0.25) is 0 Å². The van der Waals surface area contributed by atoms with E-state index in [4.69, 9.17) is 0 Å². The third-order valence-corrected chi connectivity index (χ3v) is 7.65. The first-order valence-electron chi connectivity index (χ1n) is 13.8. The first-order valence-corrected chi connectivity index (χ1v) is 13.8. The van der Waals surface area contributed by atoms with Crippen LogP contribution in [0.5, 0.6) is 0 Å². The molecular formula is C32H33N5O4. The third-order valence-electron chi connectivity index (χ3n) is 7.65. The molecule has 0 spiro atoms. The van der Waals surface area contributed by atoms with Gasteiger partial charge < -0.3 is 20.5 Å². The lowest BCUT2D eigenvalue weighted by molar-refractivity contribution is -0.132. The molecule has 9 nitrogen and oxygen atoms in total. The van der Waals surface area contributed by atoms with E-state index in [9.17, 15) is 19.2 Å². The van der Waals surface area contributed by atoms with Crippen molar-refractivity contribution in [1.82, 2.24) is 25.5 Å². The molecule has 3 N–H and O–H groups in total. The molecule has 0 unspecified atom stereocenters. The summed E-state index contributed by atoms with van der Waals surface area (Å²) in [5.41, 5.74) is 3.64. The molecule has 1 aliphatic rings. The van der Waals surface area contributed by atoms with Crippen LogP contribution in [0, 0.1) is 5.92 Å². The maximum absolute atomic E-state index is 13.0. The Morgan fingerprint density at radius 3 is 2.46 bits per heavy atom.